The van der Waals surface area contributed by atoms with Crippen LogP contribution in [0.5, 0.6) is 5.75 Å². The van der Waals surface area contributed by atoms with Crippen LogP contribution in [0.3, 0.4) is 0 Å². The van der Waals surface area contributed by atoms with Gasteiger partial charge in [-0.05, 0) is 54.2 Å². The Hall–Kier alpha value is -0.510. The van der Waals surface area contributed by atoms with Crippen LogP contribution in [0.15, 0.2) is 46.9 Å². The summed E-state index contributed by atoms with van der Waals surface area (Å²) < 4.78 is 6.60. The molecule has 2 rings (SSSR count). The Morgan fingerprint density at radius 1 is 1.10 bits per heavy atom. The predicted molar refractivity (Wildman–Crippen MR) is 96.8 cm³/mol. The van der Waals surface area contributed by atoms with Gasteiger partial charge in [0.25, 0.3) is 0 Å². The molecule has 0 bridgehead atoms. The van der Waals surface area contributed by atoms with Crippen LogP contribution in [-0.4, -0.2) is 12.4 Å². The smallest absolute Gasteiger partial charge is 0.122 e. The second-order valence-electron chi connectivity index (χ2n) is 4.98. The van der Waals surface area contributed by atoms with Crippen LogP contribution in [0, 0.1) is 5.92 Å². The first-order valence-corrected chi connectivity index (χ1v) is 9.05. The molecule has 0 radical (unpaired) electrons. The van der Waals surface area contributed by atoms with Gasteiger partial charge in [0.15, 0.2) is 0 Å². The van der Waals surface area contributed by atoms with E-state index in [1.54, 1.807) is 7.11 Å². The Labute approximate surface area is 147 Å². The van der Waals surface area contributed by atoms with Crippen LogP contribution in [0.4, 0.5) is 0 Å². The third kappa shape index (κ3) is 4.73. The fourth-order valence-electron chi connectivity index (χ4n) is 2.37. The SMILES string of the molecule is COc1ccc(Cl)cc1CC(CBr)Cc1ccccc1Br. The normalized spacial score (nSPS) is 12.2. The van der Waals surface area contributed by atoms with Gasteiger partial charge in [0.1, 0.15) is 5.75 Å². The molecule has 1 atom stereocenters. The molecule has 112 valence electrons. The van der Waals surface area contributed by atoms with Crippen LogP contribution in [0.2, 0.25) is 5.02 Å². The zero-order chi connectivity index (χ0) is 15.2. The van der Waals surface area contributed by atoms with Crippen molar-refractivity contribution in [2.24, 2.45) is 5.92 Å². The summed E-state index contributed by atoms with van der Waals surface area (Å²) >= 11 is 13.4. The van der Waals surface area contributed by atoms with Crippen molar-refractivity contribution in [1.82, 2.24) is 0 Å². The number of hydrogen-bond donors (Lipinski definition) is 0. The van der Waals surface area contributed by atoms with Gasteiger partial charge in [0.2, 0.25) is 0 Å². The fraction of sp³-hybridized carbons (Fsp3) is 0.294. The van der Waals surface area contributed by atoms with E-state index < -0.39 is 0 Å². The van der Waals surface area contributed by atoms with Crippen molar-refractivity contribution in [1.29, 1.82) is 0 Å². The molecule has 0 aliphatic heterocycles. The fourth-order valence-corrected chi connectivity index (χ4v) is 3.47. The molecule has 0 spiro atoms. The van der Waals surface area contributed by atoms with Crippen molar-refractivity contribution in [3.05, 3.63) is 63.1 Å². The maximum Gasteiger partial charge on any atom is 0.122 e. The molecule has 1 nitrogen and oxygen atoms in total. The molecule has 0 N–H and O–H groups in total. The monoisotopic (exact) mass is 430 g/mol. The van der Waals surface area contributed by atoms with Crippen LogP contribution in [0.25, 0.3) is 0 Å². The topological polar surface area (TPSA) is 9.23 Å². The molecular weight excluding hydrogens is 415 g/mol. The molecule has 0 amide bonds. The van der Waals surface area contributed by atoms with E-state index in [0.717, 1.165) is 39.0 Å². The van der Waals surface area contributed by atoms with E-state index >= 15 is 0 Å². The van der Waals surface area contributed by atoms with Crippen LogP contribution in [0.1, 0.15) is 11.1 Å². The quantitative estimate of drug-likeness (QED) is 0.516. The van der Waals surface area contributed by atoms with Crippen LogP contribution >= 0.6 is 43.5 Å². The summed E-state index contributed by atoms with van der Waals surface area (Å²) in [4.78, 5) is 0. The van der Waals surface area contributed by atoms with Gasteiger partial charge < -0.3 is 4.74 Å². The highest BCUT2D eigenvalue weighted by atomic mass is 79.9. The summed E-state index contributed by atoms with van der Waals surface area (Å²) in [5, 5.41) is 1.68. The lowest BCUT2D eigenvalue weighted by Crippen LogP contribution is -2.11. The van der Waals surface area contributed by atoms with Crippen LogP contribution < -0.4 is 4.74 Å². The van der Waals surface area contributed by atoms with E-state index in [2.05, 4.69) is 50.1 Å². The minimum absolute atomic E-state index is 0.482. The van der Waals surface area contributed by atoms with Crippen molar-refractivity contribution in [3.8, 4) is 5.75 Å². The van der Waals surface area contributed by atoms with Gasteiger partial charge in [-0.15, -0.1) is 0 Å². The van der Waals surface area contributed by atoms with Crippen molar-refractivity contribution in [2.75, 3.05) is 12.4 Å². The first-order valence-electron chi connectivity index (χ1n) is 6.75. The molecule has 1 unspecified atom stereocenters. The Balaban J connectivity index is 2.16. The van der Waals surface area contributed by atoms with Crippen molar-refractivity contribution >= 4 is 43.5 Å². The highest BCUT2D eigenvalue weighted by molar-refractivity contribution is 9.10. The first-order chi connectivity index (χ1) is 10.1. The van der Waals surface area contributed by atoms with E-state index in [0.29, 0.717) is 5.92 Å². The average molecular weight is 433 g/mol. The van der Waals surface area contributed by atoms with Crippen molar-refractivity contribution in [2.45, 2.75) is 12.8 Å². The van der Waals surface area contributed by atoms with Crippen molar-refractivity contribution < 1.29 is 4.74 Å². The van der Waals surface area contributed by atoms with Gasteiger partial charge in [-0.3, -0.25) is 0 Å². The Morgan fingerprint density at radius 2 is 1.81 bits per heavy atom. The highest BCUT2D eigenvalue weighted by Crippen LogP contribution is 2.28. The minimum Gasteiger partial charge on any atom is -0.496 e. The lowest BCUT2D eigenvalue weighted by molar-refractivity contribution is 0.406. The Bertz CT molecular complexity index is 601. The molecule has 0 heterocycles. The molecule has 0 fully saturated rings. The maximum absolute atomic E-state index is 6.11. The molecular formula is C17H17Br2ClO. The zero-order valence-corrected chi connectivity index (χ0v) is 15.7. The number of methoxy groups -OCH3 is 1. The molecule has 0 aromatic heterocycles. The summed E-state index contributed by atoms with van der Waals surface area (Å²) in [7, 11) is 1.70. The van der Waals surface area contributed by atoms with Gasteiger partial charge in [-0.1, -0.05) is 61.7 Å². The minimum atomic E-state index is 0.482. The Morgan fingerprint density at radius 3 is 2.48 bits per heavy atom. The summed E-state index contributed by atoms with van der Waals surface area (Å²) in [6.07, 6.45) is 1.93. The van der Waals surface area contributed by atoms with Crippen LogP contribution in [-0.2, 0) is 12.8 Å². The van der Waals surface area contributed by atoms with Gasteiger partial charge in [-0.2, -0.15) is 0 Å². The van der Waals surface area contributed by atoms with Gasteiger partial charge >= 0.3 is 0 Å². The number of alkyl halides is 1. The molecule has 2 aromatic carbocycles. The second-order valence-corrected chi connectivity index (χ2v) is 6.91. The maximum atomic E-state index is 6.11. The lowest BCUT2D eigenvalue weighted by Gasteiger charge is -2.17. The molecule has 21 heavy (non-hydrogen) atoms. The summed E-state index contributed by atoms with van der Waals surface area (Å²) in [6, 6.07) is 14.1. The number of benzene rings is 2. The molecule has 0 aliphatic carbocycles. The van der Waals surface area contributed by atoms with E-state index in [1.165, 1.54) is 5.56 Å². The Kier molecular flexibility index (Phi) is 6.59. The largest absolute Gasteiger partial charge is 0.496 e. The molecule has 0 aliphatic rings. The third-order valence-corrected chi connectivity index (χ3v) is 5.36. The van der Waals surface area contributed by atoms with Gasteiger partial charge in [-0.25, -0.2) is 0 Å². The summed E-state index contributed by atoms with van der Waals surface area (Å²) in [6.45, 7) is 0. The van der Waals surface area contributed by atoms with E-state index in [4.69, 9.17) is 16.3 Å². The molecule has 2 aromatic rings. The molecule has 0 saturated heterocycles. The number of ether oxygens (including phenoxy) is 1. The van der Waals surface area contributed by atoms with E-state index in [1.807, 2.05) is 24.3 Å². The summed E-state index contributed by atoms with van der Waals surface area (Å²) in [5.41, 5.74) is 2.48. The molecule has 4 heteroatoms. The lowest BCUT2D eigenvalue weighted by atomic mass is 9.94. The average Bonchev–Trinajstić information content (AvgIpc) is 2.49. The van der Waals surface area contributed by atoms with Crippen molar-refractivity contribution in [3.63, 3.8) is 0 Å². The number of halogens is 3. The van der Waals surface area contributed by atoms with E-state index in [9.17, 15) is 0 Å². The zero-order valence-electron chi connectivity index (χ0n) is 11.8. The number of hydrogen-bond acceptors (Lipinski definition) is 1. The third-order valence-electron chi connectivity index (χ3n) is 3.44. The highest BCUT2D eigenvalue weighted by Gasteiger charge is 2.14. The predicted octanol–water partition coefficient (Wildman–Crippen LogP) is 5.91. The number of rotatable bonds is 6. The second kappa shape index (κ2) is 8.21. The van der Waals surface area contributed by atoms with Gasteiger partial charge in [0.05, 0.1) is 7.11 Å². The first kappa shape index (κ1) is 16.9. The van der Waals surface area contributed by atoms with Gasteiger partial charge in [0, 0.05) is 14.8 Å². The standard InChI is InChI=1S/C17H17Br2ClO/c1-21-17-7-6-15(20)10-14(17)9-12(11-18)8-13-4-2-3-5-16(13)19/h2-7,10,12H,8-9,11H2,1H3. The van der Waals surface area contributed by atoms with E-state index in [-0.39, 0.29) is 0 Å². The summed E-state index contributed by atoms with van der Waals surface area (Å²) in [5.74, 6) is 1.38. The molecule has 0 saturated carbocycles.